The molecular formula is C9H13LiO3S. The molecule has 1 aromatic rings. The first-order chi connectivity index (χ1) is 6.04. The Hall–Kier alpha value is -0.273. The van der Waals surface area contributed by atoms with Crippen molar-refractivity contribution in [3.8, 4) is 0 Å². The number of rotatable bonds is 3. The monoisotopic (exact) mass is 208 g/mol. The Balaban J connectivity index is 0.00000169. The summed E-state index contributed by atoms with van der Waals surface area (Å²) in [4.78, 5) is -0.0292. The summed E-state index contributed by atoms with van der Waals surface area (Å²) in [7, 11) is -4.04. The quantitative estimate of drug-likeness (QED) is 0.600. The Bertz CT molecular complexity index is 387. The fourth-order valence-corrected chi connectivity index (χ4v) is 1.70. The molecule has 1 N–H and O–H groups in total. The van der Waals surface area contributed by atoms with Gasteiger partial charge in [-0.15, -0.1) is 0 Å². The van der Waals surface area contributed by atoms with Crippen LogP contribution in [0.1, 0.15) is 18.9 Å². The fourth-order valence-electron chi connectivity index (χ4n) is 1.15. The summed E-state index contributed by atoms with van der Waals surface area (Å²) >= 11 is 0. The molecule has 0 saturated carbocycles. The maximum atomic E-state index is 10.7. The van der Waals surface area contributed by atoms with Crippen molar-refractivity contribution in [1.82, 2.24) is 0 Å². The number of aryl methyl sites for hydroxylation is 1. The Labute approximate surface area is 96.5 Å². The second kappa shape index (κ2) is 5.57. The van der Waals surface area contributed by atoms with E-state index < -0.39 is 10.1 Å². The average Bonchev–Trinajstić information content (AvgIpc) is 2.04. The van der Waals surface area contributed by atoms with Gasteiger partial charge < -0.3 is 0 Å². The molecule has 1 rings (SSSR count). The molecule has 0 heterocycles. The van der Waals surface area contributed by atoms with Crippen LogP contribution in [-0.2, 0) is 16.5 Å². The third-order valence-electron chi connectivity index (χ3n) is 1.73. The summed E-state index contributed by atoms with van der Waals surface area (Å²) in [5, 5.41) is 0. The molecular weight excluding hydrogens is 195 g/mol. The number of benzene rings is 1. The zero-order valence-corrected chi connectivity index (χ0v) is 8.21. The number of hydrogen-bond acceptors (Lipinski definition) is 2. The molecule has 0 aromatic heterocycles. The first kappa shape index (κ1) is 13.7. The molecule has 0 spiro atoms. The minimum absolute atomic E-state index is 0. The van der Waals surface area contributed by atoms with Crippen LogP contribution >= 0.6 is 0 Å². The van der Waals surface area contributed by atoms with Gasteiger partial charge in [-0.05, 0) is 24.1 Å². The van der Waals surface area contributed by atoms with E-state index in [1.165, 1.54) is 12.1 Å². The third-order valence-corrected chi connectivity index (χ3v) is 2.58. The molecule has 0 saturated heterocycles. The fraction of sp³-hybridized carbons (Fsp3) is 0.333. The minimum atomic E-state index is -4.04. The zero-order valence-electron chi connectivity index (χ0n) is 7.40. The second-order valence-corrected chi connectivity index (χ2v) is 4.29. The Morgan fingerprint density at radius 3 is 2.50 bits per heavy atom. The summed E-state index contributed by atoms with van der Waals surface area (Å²) < 4.78 is 30.2. The molecule has 0 radical (unpaired) electrons. The molecule has 0 aliphatic rings. The predicted octanol–water partition coefficient (Wildman–Crippen LogP) is 1.24. The van der Waals surface area contributed by atoms with Gasteiger partial charge in [0.2, 0.25) is 0 Å². The van der Waals surface area contributed by atoms with Crippen LogP contribution in [0.15, 0.2) is 29.2 Å². The summed E-state index contributed by atoms with van der Waals surface area (Å²) in [6.45, 7) is 2.01. The molecule has 14 heavy (non-hydrogen) atoms. The average molecular weight is 208 g/mol. The van der Waals surface area contributed by atoms with E-state index in [0.717, 1.165) is 18.4 Å². The van der Waals surface area contributed by atoms with Gasteiger partial charge in [-0.25, -0.2) is 0 Å². The second-order valence-electron chi connectivity index (χ2n) is 2.87. The van der Waals surface area contributed by atoms with Gasteiger partial charge in [-0.3, -0.25) is 4.55 Å². The Morgan fingerprint density at radius 2 is 2.00 bits per heavy atom. The Kier molecular flexibility index (Phi) is 5.46. The van der Waals surface area contributed by atoms with E-state index in [-0.39, 0.29) is 23.8 Å². The van der Waals surface area contributed by atoms with Crippen molar-refractivity contribution < 1.29 is 13.0 Å². The molecule has 0 aliphatic carbocycles. The van der Waals surface area contributed by atoms with Crippen LogP contribution in [0.2, 0.25) is 0 Å². The van der Waals surface area contributed by atoms with Crippen molar-refractivity contribution in [3.63, 3.8) is 0 Å². The standard InChI is InChI=1S/C9H12O3S.Li.H/c1-2-4-8-5-3-6-9(7-8)13(10,11)12;;/h3,5-7H,2,4H2,1H3,(H,10,11,12);;. The van der Waals surface area contributed by atoms with Crippen molar-refractivity contribution in [3.05, 3.63) is 29.8 Å². The maximum absolute atomic E-state index is 10.7. The van der Waals surface area contributed by atoms with Crippen LogP contribution in [0.5, 0.6) is 0 Å². The topological polar surface area (TPSA) is 54.4 Å². The summed E-state index contributed by atoms with van der Waals surface area (Å²) in [6.07, 6.45) is 1.78. The van der Waals surface area contributed by atoms with E-state index in [9.17, 15) is 8.42 Å². The van der Waals surface area contributed by atoms with Gasteiger partial charge >= 0.3 is 18.9 Å². The van der Waals surface area contributed by atoms with Gasteiger partial charge in [0.25, 0.3) is 10.1 Å². The normalized spacial score (nSPS) is 10.7. The van der Waals surface area contributed by atoms with E-state index in [0.29, 0.717) is 0 Å². The van der Waals surface area contributed by atoms with Gasteiger partial charge in [0.15, 0.2) is 0 Å². The van der Waals surface area contributed by atoms with Crippen molar-refractivity contribution in [2.24, 2.45) is 0 Å². The van der Waals surface area contributed by atoms with Crippen molar-refractivity contribution in [1.29, 1.82) is 0 Å². The van der Waals surface area contributed by atoms with Crippen LogP contribution in [0.3, 0.4) is 0 Å². The molecule has 5 heteroatoms. The first-order valence-electron chi connectivity index (χ1n) is 4.10. The summed E-state index contributed by atoms with van der Waals surface area (Å²) in [5.74, 6) is 0. The van der Waals surface area contributed by atoms with Crippen LogP contribution in [0, 0.1) is 0 Å². The van der Waals surface area contributed by atoms with Crippen molar-refractivity contribution in [2.75, 3.05) is 0 Å². The van der Waals surface area contributed by atoms with E-state index >= 15 is 0 Å². The predicted molar refractivity (Wildman–Crippen MR) is 57.4 cm³/mol. The van der Waals surface area contributed by atoms with E-state index in [1.54, 1.807) is 6.07 Å². The molecule has 0 aliphatic heterocycles. The third kappa shape index (κ3) is 3.85. The zero-order chi connectivity index (χ0) is 9.90. The van der Waals surface area contributed by atoms with Gasteiger partial charge in [0.05, 0.1) is 4.90 Å². The van der Waals surface area contributed by atoms with E-state index in [1.807, 2.05) is 13.0 Å². The van der Waals surface area contributed by atoms with E-state index in [2.05, 4.69) is 0 Å². The van der Waals surface area contributed by atoms with Crippen LogP contribution in [-0.4, -0.2) is 31.8 Å². The van der Waals surface area contributed by atoms with Crippen LogP contribution < -0.4 is 0 Å². The van der Waals surface area contributed by atoms with Crippen molar-refractivity contribution in [2.45, 2.75) is 24.7 Å². The summed E-state index contributed by atoms with van der Waals surface area (Å²) in [5.41, 5.74) is 0.928. The van der Waals surface area contributed by atoms with Crippen molar-refractivity contribution >= 4 is 29.0 Å². The molecule has 0 amide bonds. The molecule has 0 atom stereocenters. The first-order valence-corrected chi connectivity index (χ1v) is 5.54. The molecule has 1 aromatic carbocycles. The SMILES string of the molecule is CCCc1cccc(S(=O)(=O)O)c1.[LiH]. The number of hydrogen-bond donors (Lipinski definition) is 1. The summed E-state index contributed by atoms with van der Waals surface area (Å²) in [6, 6.07) is 6.36. The van der Waals surface area contributed by atoms with Crippen LogP contribution in [0.4, 0.5) is 0 Å². The Morgan fingerprint density at radius 1 is 1.36 bits per heavy atom. The van der Waals surface area contributed by atoms with Gasteiger partial charge in [-0.1, -0.05) is 25.5 Å². The molecule has 74 valence electrons. The molecule has 0 bridgehead atoms. The van der Waals surface area contributed by atoms with Gasteiger partial charge in [-0.2, -0.15) is 8.42 Å². The molecule has 0 unspecified atom stereocenters. The molecule has 0 fully saturated rings. The van der Waals surface area contributed by atoms with Gasteiger partial charge in [0.1, 0.15) is 0 Å². The van der Waals surface area contributed by atoms with Gasteiger partial charge in [0, 0.05) is 0 Å². The molecule has 3 nitrogen and oxygen atoms in total. The van der Waals surface area contributed by atoms with E-state index in [4.69, 9.17) is 4.55 Å². The van der Waals surface area contributed by atoms with Crippen LogP contribution in [0.25, 0.3) is 0 Å².